The molecule has 0 bridgehead atoms. The maximum Gasteiger partial charge on any atom is 0.304 e. The number of carbonyl (C=O) groups is 1. The molecule has 1 saturated carbocycles. The van der Waals surface area contributed by atoms with E-state index in [1.807, 2.05) is 0 Å². The third kappa shape index (κ3) is 3.42. The van der Waals surface area contributed by atoms with Crippen molar-refractivity contribution in [1.29, 1.82) is 0 Å². The molecule has 0 aromatic carbocycles. The summed E-state index contributed by atoms with van der Waals surface area (Å²) in [7, 11) is 0. The summed E-state index contributed by atoms with van der Waals surface area (Å²) < 4.78 is 0. The molecule has 1 aliphatic carbocycles. The molecule has 1 unspecified atom stereocenters. The summed E-state index contributed by atoms with van der Waals surface area (Å²) in [6.45, 7) is 6.26. The molecule has 98 valence electrons. The Kier molecular flexibility index (Phi) is 3.73. The number of piperazine rings is 1. The summed E-state index contributed by atoms with van der Waals surface area (Å²) in [5.74, 6) is -0.702. The van der Waals surface area contributed by atoms with Gasteiger partial charge in [-0.15, -0.1) is 0 Å². The number of aliphatic carboxylic acids is 1. The van der Waals surface area contributed by atoms with E-state index < -0.39 is 5.97 Å². The Morgan fingerprint density at radius 2 is 2.06 bits per heavy atom. The molecule has 1 atom stereocenters. The molecular formula is C13H24N2O2. The van der Waals surface area contributed by atoms with Crippen molar-refractivity contribution in [2.24, 2.45) is 0 Å². The topological polar surface area (TPSA) is 52.6 Å². The van der Waals surface area contributed by atoms with Crippen molar-refractivity contribution in [3.8, 4) is 0 Å². The lowest BCUT2D eigenvalue weighted by Gasteiger charge is -2.46. The van der Waals surface area contributed by atoms with Crippen LogP contribution < -0.4 is 5.32 Å². The monoisotopic (exact) mass is 240 g/mol. The lowest BCUT2D eigenvalue weighted by atomic mass is 9.95. The third-order valence-corrected chi connectivity index (χ3v) is 3.91. The van der Waals surface area contributed by atoms with Crippen LogP contribution in [0, 0.1) is 0 Å². The molecule has 2 rings (SSSR count). The number of nitrogens with zero attached hydrogens (tertiary/aromatic N) is 1. The molecule has 0 aromatic rings. The zero-order chi connectivity index (χ0) is 12.5. The van der Waals surface area contributed by atoms with Gasteiger partial charge < -0.3 is 10.4 Å². The largest absolute Gasteiger partial charge is 0.481 e. The van der Waals surface area contributed by atoms with E-state index in [1.165, 1.54) is 25.7 Å². The van der Waals surface area contributed by atoms with Crippen LogP contribution in [0.5, 0.6) is 0 Å². The van der Waals surface area contributed by atoms with Crippen molar-refractivity contribution in [3.05, 3.63) is 0 Å². The second-order valence-electron chi connectivity index (χ2n) is 6.19. The predicted octanol–water partition coefficient (Wildman–Crippen LogP) is 1.46. The first kappa shape index (κ1) is 12.8. The maximum absolute atomic E-state index is 10.8. The first-order chi connectivity index (χ1) is 7.96. The van der Waals surface area contributed by atoms with Gasteiger partial charge in [0.25, 0.3) is 0 Å². The molecule has 0 aromatic heterocycles. The van der Waals surface area contributed by atoms with Crippen LogP contribution in [0.25, 0.3) is 0 Å². The molecule has 2 aliphatic rings. The first-order valence-electron chi connectivity index (χ1n) is 6.70. The van der Waals surface area contributed by atoms with Crippen LogP contribution in [0.15, 0.2) is 0 Å². The number of carboxylic acids is 1. The van der Waals surface area contributed by atoms with E-state index in [4.69, 9.17) is 5.11 Å². The van der Waals surface area contributed by atoms with Crippen molar-refractivity contribution in [1.82, 2.24) is 10.2 Å². The van der Waals surface area contributed by atoms with Gasteiger partial charge in [-0.25, -0.2) is 0 Å². The second kappa shape index (κ2) is 4.94. The Hall–Kier alpha value is -0.610. The van der Waals surface area contributed by atoms with Gasteiger partial charge in [-0.2, -0.15) is 0 Å². The number of hydrogen-bond donors (Lipinski definition) is 2. The van der Waals surface area contributed by atoms with Crippen molar-refractivity contribution < 1.29 is 9.90 Å². The van der Waals surface area contributed by atoms with Crippen LogP contribution in [0.1, 0.15) is 46.0 Å². The summed E-state index contributed by atoms with van der Waals surface area (Å²) in [5.41, 5.74) is 0.0287. The predicted molar refractivity (Wildman–Crippen MR) is 67.1 cm³/mol. The fraction of sp³-hybridized carbons (Fsp3) is 0.923. The van der Waals surface area contributed by atoms with Crippen LogP contribution in [-0.4, -0.2) is 46.7 Å². The van der Waals surface area contributed by atoms with Crippen molar-refractivity contribution in [3.63, 3.8) is 0 Å². The Bertz CT molecular complexity index is 285. The lowest BCUT2D eigenvalue weighted by molar-refractivity contribution is -0.138. The van der Waals surface area contributed by atoms with Gasteiger partial charge in [-0.3, -0.25) is 9.69 Å². The molecule has 0 radical (unpaired) electrons. The van der Waals surface area contributed by atoms with Gasteiger partial charge >= 0.3 is 5.97 Å². The van der Waals surface area contributed by atoms with E-state index in [0.717, 1.165) is 13.1 Å². The fourth-order valence-corrected chi connectivity index (χ4v) is 3.37. The highest BCUT2D eigenvalue weighted by Gasteiger charge is 2.36. The minimum Gasteiger partial charge on any atom is -0.481 e. The van der Waals surface area contributed by atoms with Gasteiger partial charge in [0.1, 0.15) is 0 Å². The normalized spacial score (nSPS) is 30.6. The Morgan fingerprint density at radius 1 is 1.41 bits per heavy atom. The van der Waals surface area contributed by atoms with E-state index >= 15 is 0 Å². The van der Waals surface area contributed by atoms with Gasteiger partial charge in [0.05, 0.1) is 6.42 Å². The lowest BCUT2D eigenvalue weighted by Crippen LogP contribution is -2.63. The van der Waals surface area contributed by atoms with Crippen molar-refractivity contribution in [2.75, 3.05) is 13.1 Å². The highest BCUT2D eigenvalue weighted by Crippen LogP contribution is 2.27. The van der Waals surface area contributed by atoms with Crippen molar-refractivity contribution in [2.45, 2.75) is 63.6 Å². The summed E-state index contributed by atoms with van der Waals surface area (Å²) >= 11 is 0. The molecule has 0 spiro atoms. The number of hydrogen-bond acceptors (Lipinski definition) is 3. The van der Waals surface area contributed by atoms with Gasteiger partial charge in [-0.05, 0) is 26.7 Å². The molecule has 1 heterocycles. The highest BCUT2D eigenvalue weighted by molar-refractivity contribution is 5.67. The van der Waals surface area contributed by atoms with Gasteiger partial charge in [-0.1, -0.05) is 12.8 Å². The molecule has 2 N–H and O–H groups in total. The van der Waals surface area contributed by atoms with E-state index in [-0.39, 0.29) is 18.0 Å². The Labute approximate surface area is 103 Å². The summed E-state index contributed by atoms with van der Waals surface area (Å²) in [6.07, 6.45) is 5.47. The highest BCUT2D eigenvalue weighted by atomic mass is 16.4. The van der Waals surface area contributed by atoms with Gasteiger partial charge in [0.2, 0.25) is 0 Å². The fourth-order valence-electron chi connectivity index (χ4n) is 3.37. The van der Waals surface area contributed by atoms with Crippen LogP contribution >= 0.6 is 0 Å². The maximum atomic E-state index is 10.8. The van der Waals surface area contributed by atoms with Crippen LogP contribution in [0.4, 0.5) is 0 Å². The Balaban J connectivity index is 1.99. The smallest absolute Gasteiger partial charge is 0.304 e. The minimum absolute atomic E-state index is 0.0287. The van der Waals surface area contributed by atoms with E-state index in [1.54, 1.807) is 0 Å². The van der Waals surface area contributed by atoms with Gasteiger partial charge in [0.15, 0.2) is 0 Å². The third-order valence-electron chi connectivity index (χ3n) is 3.91. The number of rotatable bonds is 3. The second-order valence-corrected chi connectivity index (χ2v) is 6.19. The minimum atomic E-state index is -0.702. The SMILES string of the molecule is CC1(C)CN(C2CCCC2)CC(CC(=O)O)N1. The average Bonchev–Trinajstić information content (AvgIpc) is 2.65. The van der Waals surface area contributed by atoms with Crippen LogP contribution in [0.2, 0.25) is 0 Å². The zero-order valence-corrected chi connectivity index (χ0v) is 10.9. The van der Waals surface area contributed by atoms with E-state index in [9.17, 15) is 4.79 Å². The van der Waals surface area contributed by atoms with E-state index in [2.05, 4.69) is 24.1 Å². The number of carboxylic acid groups (broad SMARTS) is 1. The van der Waals surface area contributed by atoms with Crippen LogP contribution in [0.3, 0.4) is 0 Å². The summed E-state index contributed by atoms with van der Waals surface area (Å²) in [5, 5.41) is 12.4. The van der Waals surface area contributed by atoms with E-state index in [0.29, 0.717) is 6.04 Å². The molecule has 1 saturated heterocycles. The van der Waals surface area contributed by atoms with Crippen LogP contribution in [-0.2, 0) is 4.79 Å². The zero-order valence-electron chi connectivity index (χ0n) is 10.9. The standard InChI is InChI=1S/C13H24N2O2/c1-13(2)9-15(11-5-3-4-6-11)8-10(14-13)7-12(16)17/h10-11,14H,3-9H2,1-2H3,(H,16,17). The Morgan fingerprint density at radius 3 is 2.65 bits per heavy atom. The molecule has 4 heteroatoms. The average molecular weight is 240 g/mol. The molecular weight excluding hydrogens is 216 g/mol. The first-order valence-corrected chi connectivity index (χ1v) is 6.70. The quantitative estimate of drug-likeness (QED) is 0.784. The molecule has 2 fully saturated rings. The number of nitrogens with one attached hydrogen (secondary N) is 1. The molecule has 0 amide bonds. The van der Waals surface area contributed by atoms with Gasteiger partial charge in [0, 0.05) is 30.7 Å². The summed E-state index contributed by atoms with van der Waals surface area (Å²) in [6, 6.07) is 0.782. The molecule has 1 aliphatic heterocycles. The molecule has 4 nitrogen and oxygen atoms in total. The van der Waals surface area contributed by atoms with Crippen molar-refractivity contribution >= 4 is 5.97 Å². The molecule has 17 heavy (non-hydrogen) atoms. The summed E-state index contributed by atoms with van der Waals surface area (Å²) in [4.78, 5) is 13.4.